The van der Waals surface area contributed by atoms with E-state index in [4.69, 9.17) is 9.47 Å². The summed E-state index contributed by atoms with van der Waals surface area (Å²) in [7, 11) is 0. The van der Waals surface area contributed by atoms with E-state index in [1.165, 1.54) is 17.8 Å². The maximum atomic E-state index is 11.8. The molecule has 0 spiro atoms. The minimum absolute atomic E-state index is 0.0953. The molecule has 1 rings (SSSR count). The van der Waals surface area contributed by atoms with Crippen molar-refractivity contribution in [3.63, 3.8) is 0 Å². The normalized spacial score (nSPS) is 10.9. The Morgan fingerprint density at radius 3 is 2.37 bits per heavy atom. The minimum Gasteiger partial charge on any atom is -0.462 e. The summed E-state index contributed by atoms with van der Waals surface area (Å²) in [5.74, 6) is -1.14. The number of carbonyl (C=O) groups is 2. The van der Waals surface area contributed by atoms with Crippen molar-refractivity contribution in [1.82, 2.24) is 0 Å². The monoisotopic (exact) mass is 280 g/mol. The smallest absolute Gasteiger partial charge is 0.346 e. The second-order valence-corrected chi connectivity index (χ2v) is 4.34. The fourth-order valence-corrected chi connectivity index (χ4v) is 1.54. The van der Waals surface area contributed by atoms with Crippen LogP contribution >= 0.6 is 11.8 Å². The zero-order valence-corrected chi connectivity index (χ0v) is 11.7. The highest BCUT2D eigenvalue weighted by Gasteiger charge is 2.21. The van der Waals surface area contributed by atoms with Gasteiger partial charge in [-0.3, -0.25) is 0 Å². The maximum absolute atomic E-state index is 11.8. The molecule has 0 unspecified atom stereocenters. The summed E-state index contributed by atoms with van der Waals surface area (Å²) >= 11 is 1.36. The maximum Gasteiger partial charge on any atom is 0.346 e. The Kier molecular flexibility index (Phi) is 6.74. The quantitative estimate of drug-likeness (QED) is 0.263. The molecule has 0 aromatic heterocycles. The molecule has 0 aliphatic carbocycles. The van der Waals surface area contributed by atoms with E-state index in [1.54, 1.807) is 25.3 Å². The third-order valence-corrected chi connectivity index (χ3v) is 2.49. The van der Waals surface area contributed by atoms with E-state index in [2.05, 4.69) is 0 Å². The van der Waals surface area contributed by atoms with Crippen molar-refractivity contribution in [2.24, 2.45) is 0 Å². The van der Waals surface area contributed by atoms with Crippen LogP contribution in [0.2, 0.25) is 0 Å². The van der Waals surface area contributed by atoms with Crippen LogP contribution in [0.3, 0.4) is 0 Å². The van der Waals surface area contributed by atoms with Crippen molar-refractivity contribution in [2.75, 3.05) is 18.8 Å². The Labute approximate surface area is 116 Å². The lowest BCUT2D eigenvalue weighted by Gasteiger charge is -2.07. The average molecular weight is 280 g/mol. The number of hydrogen-bond donors (Lipinski definition) is 0. The van der Waals surface area contributed by atoms with Gasteiger partial charge >= 0.3 is 11.9 Å². The van der Waals surface area contributed by atoms with Gasteiger partial charge in [0.05, 0.1) is 6.61 Å². The first-order chi connectivity index (χ1) is 9.19. The van der Waals surface area contributed by atoms with Gasteiger partial charge in [0.25, 0.3) is 0 Å². The second kappa shape index (κ2) is 8.37. The van der Waals surface area contributed by atoms with E-state index < -0.39 is 11.9 Å². The molecule has 0 atom stereocenters. The lowest BCUT2D eigenvalue weighted by Crippen LogP contribution is -2.18. The molecule has 0 saturated carbocycles. The summed E-state index contributed by atoms with van der Waals surface area (Å²) in [6.07, 6.45) is 3.28. The molecule has 0 bridgehead atoms. The Hall–Kier alpha value is -1.75. The average Bonchev–Trinajstić information content (AvgIpc) is 2.43. The summed E-state index contributed by atoms with van der Waals surface area (Å²) in [6.45, 7) is 1.89. The van der Waals surface area contributed by atoms with Crippen LogP contribution in [0.5, 0.6) is 0 Å². The summed E-state index contributed by atoms with van der Waals surface area (Å²) < 4.78 is 9.81. The summed E-state index contributed by atoms with van der Waals surface area (Å²) in [4.78, 5) is 23.6. The molecule has 0 heterocycles. The molecule has 0 aliphatic rings. The van der Waals surface area contributed by atoms with Gasteiger partial charge in [0.15, 0.2) is 0 Å². The first-order valence-electron chi connectivity index (χ1n) is 5.79. The Morgan fingerprint density at radius 2 is 1.79 bits per heavy atom. The van der Waals surface area contributed by atoms with Crippen LogP contribution in [0.15, 0.2) is 35.9 Å². The molecule has 1 aromatic carbocycles. The topological polar surface area (TPSA) is 52.6 Å². The molecule has 1 aromatic rings. The Bertz CT molecular complexity index is 454. The van der Waals surface area contributed by atoms with E-state index >= 15 is 0 Å². The zero-order chi connectivity index (χ0) is 14.1. The number of hydrogen-bond acceptors (Lipinski definition) is 5. The summed E-state index contributed by atoms with van der Waals surface area (Å²) in [5.41, 5.74) is 0.647. The molecule has 0 radical (unpaired) electrons. The molecule has 0 fully saturated rings. The van der Waals surface area contributed by atoms with Gasteiger partial charge < -0.3 is 9.47 Å². The van der Waals surface area contributed by atoms with Gasteiger partial charge in [0.1, 0.15) is 11.5 Å². The first-order valence-corrected chi connectivity index (χ1v) is 7.18. The van der Waals surface area contributed by atoms with E-state index in [1.807, 2.05) is 18.2 Å². The summed E-state index contributed by atoms with van der Waals surface area (Å²) in [6, 6.07) is 9.08. The van der Waals surface area contributed by atoms with Gasteiger partial charge in [-0.1, -0.05) is 30.3 Å². The number of esters is 2. The van der Waals surface area contributed by atoms with Crippen molar-refractivity contribution in [1.29, 1.82) is 0 Å². The van der Waals surface area contributed by atoms with Crippen LogP contribution in [-0.2, 0) is 19.1 Å². The third kappa shape index (κ3) is 5.18. The van der Waals surface area contributed by atoms with E-state index in [9.17, 15) is 9.59 Å². The lowest BCUT2D eigenvalue weighted by molar-refractivity contribution is -0.145. The van der Waals surface area contributed by atoms with Crippen LogP contribution in [0, 0.1) is 0 Å². The predicted molar refractivity (Wildman–Crippen MR) is 75.5 cm³/mol. The molecule has 0 amide bonds. The van der Waals surface area contributed by atoms with Crippen molar-refractivity contribution >= 4 is 29.8 Å². The molecular weight excluding hydrogens is 264 g/mol. The van der Waals surface area contributed by atoms with Gasteiger partial charge in [0.2, 0.25) is 0 Å². The van der Waals surface area contributed by atoms with Gasteiger partial charge in [-0.05, 0) is 24.8 Å². The molecule has 19 heavy (non-hydrogen) atoms. The standard InChI is InChI=1S/C14H16O4S/c1-3-17-13(15)12(14(16)18-10-19-2)9-11-7-5-4-6-8-11/h4-9H,3,10H2,1-2H3/b12-9+. The van der Waals surface area contributed by atoms with Crippen LogP contribution in [0.1, 0.15) is 12.5 Å². The van der Waals surface area contributed by atoms with Crippen LogP contribution < -0.4 is 0 Å². The first kappa shape index (κ1) is 15.3. The second-order valence-electron chi connectivity index (χ2n) is 3.53. The molecule has 0 aliphatic heterocycles. The van der Waals surface area contributed by atoms with Crippen LogP contribution in [0.25, 0.3) is 6.08 Å². The molecule has 0 saturated heterocycles. The van der Waals surface area contributed by atoms with Gasteiger partial charge in [-0.2, -0.15) is 0 Å². The highest BCUT2D eigenvalue weighted by molar-refractivity contribution is 7.98. The number of carbonyl (C=O) groups excluding carboxylic acids is 2. The van der Waals surface area contributed by atoms with Crippen molar-refractivity contribution in [3.8, 4) is 0 Å². The van der Waals surface area contributed by atoms with Crippen molar-refractivity contribution in [3.05, 3.63) is 41.5 Å². The van der Waals surface area contributed by atoms with Crippen LogP contribution in [-0.4, -0.2) is 30.7 Å². The largest absolute Gasteiger partial charge is 0.462 e. The number of benzene rings is 1. The van der Waals surface area contributed by atoms with Gasteiger partial charge in [-0.25, -0.2) is 9.59 Å². The Morgan fingerprint density at radius 1 is 1.16 bits per heavy atom. The van der Waals surface area contributed by atoms with E-state index in [0.717, 1.165) is 5.56 Å². The minimum atomic E-state index is -0.670. The highest BCUT2D eigenvalue weighted by Crippen LogP contribution is 2.11. The predicted octanol–water partition coefficient (Wildman–Crippen LogP) is 2.50. The number of ether oxygens (including phenoxy) is 2. The van der Waals surface area contributed by atoms with Crippen molar-refractivity contribution in [2.45, 2.75) is 6.92 Å². The fraction of sp³-hybridized carbons (Fsp3) is 0.286. The van der Waals surface area contributed by atoms with E-state index in [0.29, 0.717) is 0 Å². The van der Waals surface area contributed by atoms with E-state index in [-0.39, 0.29) is 18.1 Å². The van der Waals surface area contributed by atoms with Gasteiger partial charge in [-0.15, -0.1) is 11.8 Å². The van der Waals surface area contributed by atoms with Crippen LogP contribution in [0.4, 0.5) is 0 Å². The molecule has 0 N–H and O–H groups in total. The Balaban J connectivity index is 2.95. The summed E-state index contributed by atoms with van der Waals surface area (Å²) in [5, 5.41) is 0. The molecule has 102 valence electrons. The number of thioether (sulfide) groups is 1. The molecule has 4 nitrogen and oxygen atoms in total. The third-order valence-electron chi connectivity index (χ3n) is 2.13. The highest BCUT2D eigenvalue weighted by atomic mass is 32.2. The fourth-order valence-electron chi connectivity index (χ4n) is 1.32. The lowest BCUT2D eigenvalue weighted by atomic mass is 10.1. The molecular formula is C14H16O4S. The van der Waals surface area contributed by atoms with Crippen molar-refractivity contribution < 1.29 is 19.1 Å². The SMILES string of the molecule is CCOC(=O)/C(=C\c1ccccc1)C(=O)OCSC. The number of rotatable bonds is 6. The molecule has 5 heteroatoms. The van der Waals surface area contributed by atoms with Gasteiger partial charge in [0, 0.05) is 0 Å². The zero-order valence-electron chi connectivity index (χ0n) is 10.9.